The molecule has 0 saturated heterocycles. The van der Waals surface area contributed by atoms with E-state index in [0.717, 1.165) is 13.0 Å². The third-order valence-electron chi connectivity index (χ3n) is 3.16. The summed E-state index contributed by atoms with van der Waals surface area (Å²) in [6, 6.07) is 0. The topological polar surface area (TPSA) is 9.23 Å². The minimum atomic E-state index is -1.71. The molecule has 0 spiro atoms. The molecule has 0 amide bonds. The normalized spacial score (nSPS) is 14.4. The molecule has 0 aliphatic carbocycles. The van der Waals surface area contributed by atoms with E-state index < -0.39 is 8.32 Å². The number of alkyl halides is 1. The van der Waals surface area contributed by atoms with Crippen LogP contribution >= 0.6 is 22.6 Å². The zero-order valence-corrected chi connectivity index (χ0v) is 14.6. The van der Waals surface area contributed by atoms with Crippen LogP contribution in [0.2, 0.25) is 10.1 Å². The lowest BCUT2D eigenvalue weighted by Crippen LogP contribution is -2.56. The summed E-state index contributed by atoms with van der Waals surface area (Å²) in [5, 5.41) is 0.614. The number of hydrogen-bond acceptors (Lipinski definition) is 1. The zero-order chi connectivity index (χ0) is 12.3. The third-order valence-corrected chi connectivity index (χ3v) is 12.3. The molecule has 0 rings (SSSR count). The Hall–Kier alpha value is 0.907. The van der Waals surface area contributed by atoms with Crippen molar-refractivity contribution in [1.82, 2.24) is 0 Å². The highest BCUT2D eigenvalue weighted by Crippen LogP contribution is 2.52. The van der Waals surface area contributed by atoms with E-state index in [4.69, 9.17) is 4.43 Å². The highest BCUT2D eigenvalue weighted by Gasteiger charge is 2.54. The van der Waals surface area contributed by atoms with E-state index in [1.807, 2.05) is 0 Å². The maximum Gasteiger partial charge on any atom is 0.212 e. The Morgan fingerprint density at radius 2 is 1.40 bits per heavy atom. The van der Waals surface area contributed by atoms with Gasteiger partial charge in [-0.2, -0.15) is 0 Å². The van der Waals surface area contributed by atoms with Gasteiger partial charge in [0.25, 0.3) is 0 Å². The minimum Gasteiger partial charge on any atom is -0.415 e. The molecule has 92 valence electrons. The second-order valence-corrected chi connectivity index (χ2v) is 13.8. The summed E-state index contributed by atoms with van der Waals surface area (Å²) in [6.07, 6.45) is 1.12. The van der Waals surface area contributed by atoms with E-state index in [1.54, 1.807) is 0 Å². The largest absolute Gasteiger partial charge is 0.415 e. The second kappa shape index (κ2) is 5.49. The molecule has 0 heterocycles. The van der Waals surface area contributed by atoms with Crippen molar-refractivity contribution in [2.24, 2.45) is 0 Å². The van der Waals surface area contributed by atoms with Gasteiger partial charge in [0.1, 0.15) is 0 Å². The molecule has 0 radical (unpaired) electrons. The van der Waals surface area contributed by atoms with Crippen LogP contribution in [0.3, 0.4) is 0 Å². The maximum absolute atomic E-state index is 6.39. The van der Waals surface area contributed by atoms with Crippen molar-refractivity contribution in [2.45, 2.75) is 65.0 Å². The lowest BCUT2D eigenvalue weighted by atomic mass is 10.2. The quantitative estimate of drug-likeness (QED) is 0.400. The average Bonchev–Trinajstić information content (AvgIpc) is 2.01. The van der Waals surface area contributed by atoms with Crippen molar-refractivity contribution in [1.29, 1.82) is 0 Å². The predicted octanol–water partition coefficient (Wildman–Crippen LogP) is 4.93. The summed E-state index contributed by atoms with van der Waals surface area (Å²) >= 11 is 2.53. The first-order valence-electron chi connectivity index (χ1n) is 5.82. The van der Waals surface area contributed by atoms with Crippen LogP contribution in [0.15, 0.2) is 0 Å². The lowest BCUT2D eigenvalue weighted by Gasteiger charge is -2.49. The Kier molecular flexibility index (Phi) is 5.83. The van der Waals surface area contributed by atoms with Crippen LogP contribution in [-0.2, 0) is 4.43 Å². The number of rotatable bonds is 4. The van der Waals surface area contributed by atoms with Crippen LogP contribution in [0.5, 0.6) is 0 Å². The van der Waals surface area contributed by atoms with E-state index >= 15 is 0 Å². The van der Waals surface area contributed by atoms with Crippen molar-refractivity contribution in [3.8, 4) is 0 Å². The van der Waals surface area contributed by atoms with Crippen LogP contribution < -0.4 is 0 Å². The standard InChI is InChI=1S/C12H27IOSi/c1-8-9-14-15(10-13,11(2,3)4)12(5,6)7/h8-10H2,1-7H3. The van der Waals surface area contributed by atoms with Crippen molar-refractivity contribution in [3.05, 3.63) is 0 Å². The van der Waals surface area contributed by atoms with Gasteiger partial charge in [0.05, 0.1) is 0 Å². The van der Waals surface area contributed by atoms with Gasteiger partial charge in [-0.05, 0) is 16.5 Å². The molecule has 0 aliphatic rings. The Balaban J connectivity index is 5.13. The summed E-state index contributed by atoms with van der Waals surface area (Å²) in [5.41, 5.74) is 0. The highest BCUT2D eigenvalue weighted by molar-refractivity contribution is 14.1. The lowest BCUT2D eigenvalue weighted by molar-refractivity contribution is 0.262. The van der Waals surface area contributed by atoms with Gasteiger partial charge in [-0.1, -0.05) is 71.1 Å². The Labute approximate surface area is 111 Å². The Morgan fingerprint density at radius 1 is 1.00 bits per heavy atom. The highest BCUT2D eigenvalue weighted by atomic mass is 127. The van der Waals surface area contributed by atoms with Crippen LogP contribution in [0, 0.1) is 0 Å². The van der Waals surface area contributed by atoms with Crippen molar-refractivity contribution in [2.75, 3.05) is 10.7 Å². The predicted molar refractivity (Wildman–Crippen MR) is 80.3 cm³/mol. The first-order chi connectivity index (χ1) is 6.62. The van der Waals surface area contributed by atoms with Crippen molar-refractivity contribution < 1.29 is 4.43 Å². The maximum atomic E-state index is 6.39. The number of halogens is 1. The van der Waals surface area contributed by atoms with Gasteiger partial charge in [-0.15, -0.1) is 0 Å². The van der Waals surface area contributed by atoms with Gasteiger partial charge >= 0.3 is 0 Å². The van der Waals surface area contributed by atoms with Gasteiger partial charge in [-0.3, -0.25) is 0 Å². The Bertz CT molecular complexity index is 177. The van der Waals surface area contributed by atoms with Gasteiger partial charge in [0.15, 0.2) is 0 Å². The monoisotopic (exact) mass is 342 g/mol. The van der Waals surface area contributed by atoms with Gasteiger partial charge in [0, 0.05) is 10.7 Å². The molecule has 0 fully saturated rings. The van der Waals surface area contributed by atoms with Gasteiger partial charge < -0.3 is 4.43 Å². The van der Waals surface area contributed by atoms with E-state index in [9.17, 15) is 0 Å². The summed E-state index contributed by atoms with van der Waals surface area (Å²) in [4.78, 5) is 0. The van der Waals surface area contributed by atoms with Crippen molar-refractivity contribution >= 4 is 30.9 Å². The first-order valence-corrected chi connectivity index (χ1v) is 9.46. The SMILES string of the molecule is CCCO[Si](CI)(C(C)(C)C)C(C)(C)C. The van der Waals surface area contributed by atoms with Crippen LogP contribution in [0.4, 0.5) is 0 Å². The zero-order valence-electron chi connectivity index (χ0n) is 11.4. The molecular formula is C12H27IOSi. The Morgan fingerprint density at radius 3 is 1.60 bits per heavy atom. The molecular weight excluding hydrogens is 315 g/mol. The molecule has 15 heavy (non-hydrogen) atoms. The molecule has 0 aromatic carbocycles. The van der Waals surface area contributed by atoms with Crippen LogP contribution in [-0.4, -0.2) is 19.0 Å². The van der Waals surface area contributed by atoms with E-state index in [-0.39, 0.29) is 0 Å². The summed E-state index contributed by atoms with van der Waals surface area (Å²) < 4.78 is 7.57. The van der Waals surface area contributed by atoms with Gasteiger partial charge in [0.2, 0.25) is 8.32 Å². The molecule has 0 atom stereocenters. The molecule has 0 saturated carbocycles. The molecule has 0 unspecified atom stereocenters. The second-order valence-electron chi connectivity index (χ2n) is 6.31. The van der Waals surface area contributed by atoms with E-state index in [0.29, 0.717) is 10.1 Å². The number of hydrogen-bond donors (Lipinski definition) is 0. The summed E-state index contributed by atoms with van der Waals surface area (Å²) in [7, 11) is -1.71. The molecule has 0 aromatic rings. The molecule has 0 aliphatic heterocycles. The molecule has 0 N–H and O–H groups in total. The minimum absolute atomic E-state index is 0.307. The summed E-state index contributed by atoms with van der Waals surface area (Å²) in [5.74, 6) is 0. The van der Waals surface area contributed by atoms with E-state index in [2.05, 4.69) is 71.1 Å². The fourth-order valence-electron chi connectivity index (χ4n) is 2.27. The molecule has 0 bridgehead atoms. The summed E-state index contributed by atoms with van der Waals surface area (Å²) in [6.45, 7) is 17.2. The first kappa shape index (κ1) is 15.9. The fraction of sp³-hybridized carbons (Fsp3) is 1.00. The molecule has 3 heteroatoms. The van der Waals surface area contributed by atoms with Crippen LogP contribution in [0.1, 0.15) is 54.9 Å². The smallest absolute Gasteiger partial charge is 0.212 e. The third kappa shape index (κ3) is 3.43. The van der Waals surface area contributed by atoms with Crippen molar-refractivity contribution in [3.63, 3.8) is 0 Å². The van der Waals surface area contributed by atoms with E-state index in [1.165, 1.54) is 4.05 Å². The molecule has 1 nitrogen and oxygen atoms in total. The van der Waals surface area contributed by atoms with Crippen LogP contribution in [0.25, 0.3) is 0 Å². The van der Waals surface area contributed by atoms with Gasteiger partial charge in [-0.25, -0.2) is 0 Å². The molecule has 0 aromatic heterocycles. The fourth-order valence-corrected chi connectivity index (χ4v) is 14.3. The average molecular weight is 342 g/mol.